The minimum absolute atomic E-state index is 0.667. The van der Waals surface area contributed by atoms with E-state index in [4.69, 9.17) is 5.26 Å². The Morgan fingerprint density at radius 3 is 2.93 bits per heavy atom. The summed E-state index contributed by atoms with van der Waals surface area (Å²) in [5.41, 5.74) is 2.68. The minimum Gasteiger partial charge on any atom is -0.254 e. The van der Waals surface area contributed by atoms with Crippen LogP contribution in [-0.4, -0.2) is 9.78 Å². The van der Waals surface area contributed by atoms with Crippen molar-refractivity contribution >= 4 is 10.9 Å². The van der Waals surface area contributed by atoms with Crippen LogP contribution in [0.15, 0.2) is 18.2 Å². The molecule has 0 aliphatic heterocycles. The zero-order valence-electron chi connectivity index (χ0n) is 8.28. The molecule has 1 aromatic heterocycles. The fourth-order valence-electron chi connectivity index (χ4n) is 1.70. The van der Waals surface area contributed by atoms with Crippen LogP contribution in [0.4, 0.5) is 0 Å². The smallest absolute Gasteiger partial charge is 0.146 e. The molecule has 0 N–H and O–H groups in total. The number of hydrogen-bond donors (Lipinski definition) is 0. The van der Waals surface area contributed by atoms with Crippen LogP contribution in [0.5, 0.6) is 0 Å². The first kappa shape index (κ1) is 8.76. The first-order valence-electron chi connectivity index (χ1n) is 4.64. The van der Waals surface area contributed by atoms with E-state index in [1.807, 2.05) is 32.0 Å². The third-order valence-electron chi connectivity index (χ3n) is 2.38. The highest BCUT2D eigenvalue weighted by Gasteiger charge is 2.10. The molecule has 70 valence electrons. The number of nitrogens with zero attached hydrogens (tertiary/aromatic N) is 3. The molecular weight excluding hydrogens is 174 g/mol. The quantitative estimate of drug-likeness (QED) is 0.683. The van der Waals surface area contributed by atoms with Crippen LogP contribution in [0.2, 0.25) is 0 Å². The predicted octanol–water partition coefficient (Wildman–Crippen LogP) is 2.24. The number of aromatic nitrogens is 2. The topological polar surface area (TPSA) is 41.6 Å². The largest absolute Gasteiger partial charge is 0.254 e. The molecule has 1 heterocycles. The SMILES string of the molecule is CCn1nc2cccc(C)c2c1C#N. The van der Waals surface area contributed by atoms with Crippen LogP contribution in [0, 0.1) is 18.3 Å². The third kappa shape index (κ3) is 1.08. The van der Waals surface area contributed by atoms with Crippen molar-refractivity contribution in [3.8, 4) is 6.07 Å². The van der Waals surface area contributed by atoms with Gasteiger partial charge in [-0.15, -0.1) is 0 Å². The number of aryl methyl sites for hydroxylation is 2. The Balaban J connectivity index is 2.90. The number of nitriles is 1. The first-order chi connectivity index (χ1) is 6.77. The van der Waals surface area contributed by atoms with Crippen molar-refractivity contribution in [2.45, 2.75) is 20.4 Å². The van der Waals surface area contributed by atoms with Crippen molar-refractivity contribution in [1.82, 2.24) is 9.78 Å². The summed E-state index contributed by atoms with van der Waals surface area (Å²) in [6.07, 6.45) is 0. The Hall–Kier alpha value is -1.82. The van der Waals surface area contributed by atoms with Crippen LogP contribution < -0.4 is 0 Å². The molecule has 0 radical (unpaired) electrons. The molecule has 0 atom stereocenters. The van der Waals surface area contributed by atoms with Gasteiger partial charge in [0.2, 0.25) is 0 Å². The second kappa shape index (κ2) is 3.15. The lowest BCUT2D eigenvalue weighted by Crippen LogP contribution is -1.98. The predicted molar refractivity (Wildman–Crippen MR) is 54.9 cm³/mol. The number of benzene rings is 1. The zero-order valence-corrected chi connectivity index (χ0v) is 8.28. The summed E-state index contributed by atoms with van der Waals surface area (Å²) in [5.74, 6) is 0. The maximum Gasteiger partial charge on any atom is 0.146 e. The molecule has 3 nitrogen and oxygen atoms in total. The average Bonchev–Trinajstić information content (AvgIpc) is 2.56. The van der Waals surface area contributed by atoms with Crippen LogP contribution in [0.1, 0.15) is 18.2 Å². The number of fused-ring (bicyclic) bond motifs is 1. The van der Waals surface area contributed by atoms with E-state index in [-0.39, 0.29) is 0 Å². The summed E-state index contributed by atoms with van der Waals surface area (Å²) in [6, 6.07) is 8.12. The minimum atomic E-state index is 0.667. The fourth-order valence-corrected chi connectivity index (χ4v) is 1.70. The van der Waals surface area contributed by atoms with E-state index >= 15 is 0 Å². The van der Waals surface area contributed by atoms with E-state index in [1.165, 1.54) is 0 Å². The van der Waals surface area contributed by atoms with Gasteiger partial charge in [0.1, 0.15) is 11.8 Å². The van der Waals surface area contributed by atoms with Crippen LogP contribution in [0.25, 0.3) is 10.9 Å². The Morgan fingerprint density at radius 2 is 2.29 bits per heavy atom. The van der Waals surface area contributed by atoms with Gasteiger partial charge < -0.3 is 0 Å². The van der Waals surface area contributed by atoms with Gasteiger partial charge in [0, 0.05) is 11.9 Å². The van der Waals surface area contributed by atoms with Crippen molar-refractivity contribution in [2.75, 3.05) is 0 Å². The summed E-state index contributed by atoms with van der Waals surface area (Å²) >= 11 is 0. The number of hydrogen-bond acceptors (Lipinski definition) is 2. The molecule has 1 aromatic carbocycles. The third-order valence-corrected chi connectivity index (χ3v) is 2.38. The van der Waals surface area contributed by atoms with Crippen LogP contribution >= 0.6 is 0 Å². The molecule has 2 rings (SSSR count). The lowest BCUT2D eigenvalue weighted by Gasteiger charge is -1.95. The molecule has 0 aliphatic rings. The zero-order chi connectivity index (χ0) is 10.1. The van der Waals surface area contributed by atoms with Gasteiger partial charge >= 0.3 is 0 Å². The van der Waals surface area contributed by atoms with E-state index in [2.05, 4.69) is 11.2 Å². The van der Waals surface area contributed by atoms with E-state index < -0.39 is 0 Å². The molecule has 0 fully saturated rings. The van der Waals surface area contributed by atoms with Gasteiger partial charge in [-0.05, 0) is 25.5 Å². The normalized spacial score (nSPS) is 10.4. The van der Waals surface area contributed by atoms with Crippen molar-refractivity contribution in [3.05, 3.63) is 29.5 Å². The van der Waals surface area contributed by atoms with Gasteiger partial charge in [-0.1, -0.05) is 12.1 Å². The fraction of sp³-hybridized carbons (Fsp3) is 0.273. The van der Waals surface area contributed by atoms with Gasteiger partial charge in [-0.3, -0.25) is 4.68 Å². The second-order valence-corrected chi connectivity index (χ2v) is 3.25. The maximum atomic E-state index is 9.05. The first-order valence-corrected chi connectivity index (χ1v) is 4.64. The van der Waals surface area contributed by atoms with Crippen molar-refractivity contribution < 1.29 is 0 Å². The highest BCUT2D eigenvalue weighted by Crippen LogP contribution is 2.21. The summed E-state index contributed by atoms with van der Waals surface area (Å²) < 4.78 is 1.75. The monoisotopic (exact) mass is 185 g/mol. The van der Waals surface area contributed by atoms with Crippen LogP contribution in [0.3, 0.4) is 0 Å². The maximum absolute atomic E-state index is 9.05. The van der Waals surface area contributed by atoms with E-state index in [9.17, 15) is 0 Å². The van der Waals surface area contributed by atoms with Gasteiger partial charge in [-0.25, -0.2) is 0 Å². The Bertz CT molecular complexity index is 517. The lowest BCUT2D eigenvalue weighted by atomic mass is 10.1. The van der Waals surface area contributed by atoms with Crippen molar-refractivity contribution in [3.63, 3.8) is 0 Å². The molecule has 0 unspecified atom stereocenters. The standard InChI is InChI=1S/C11H11N3/c1-3-14-10(7-12)11-8(2)5-4-6-9(11)13-14/h4-6H,3H2,1-2H3. The van der Waals surface area contributed by atoms with Gasteiger partial charge in [-0.2, -0.15) is 10.4 Å². The number of rotatable bonds is 1. The summed E-state index contributed by atoms with van der Waals surface area (Å²) in [5, 5.41) is 14.4. The molecule has 14 heavy (non-hydrogen) atoms. The molecule has 3 heteroatoms. The lowest BCUT2D eigenvalue weighted by molar-refractivity contribution is 0.659. The molecule has 2 aromatic rings. The van der Waals surface area contributed by atoms with Gasteiger partial charge in [0.15, 0.2) is 0 Å². The Labute approximate surface area is 82.6 Å². The van der Waals surface area contributed by atoms with Crippen molar-refractivity contribution in [2.24, 2.45) is 0 Å². The van der Waals surface area contributed by atoms with Crippen LogP contribution in [-0.2, 0) is 6.54 Å². The molecule has 0 saturated carbocycles. The van der Waals surface area contributed by atoms with Crippen molar-refractivity contribution in [1.29, 1.82) is 5.26 Å². The van der Waals surface area contributed by atoms with E-state index in [0.29, 0.717) is 5.69 Å². The molecule has 0 amide bonds. The van der Waals surface area contributed by atoms with Gasteiger partial charge in [0.05, 0.1) is 5.52 Å². The van der Waals surface area contributed by atoms with E-state index in [0.717, 1.165) is 23.0 Å². The Morgan fingerprint density at radius 1 is 1.50 bits per heavy atom. The summed E-state index contributed by atoms with van der Waals surface area (Å²) in [6.45, 7) is 4.73. The molecular formula is C11H11N3. The molecule has 0 spiro atoms. The average molecular weight is 185 g/mol. The molecule has 0 bridgehead atoms. The summed E-state index contributed by atoms with van der Waals surface area (Å²) in [7, 11) is 0. The highest BCUT2D eigenvalue weighted by atomic mass is 15.3. The molecule has 0 aliphatic carbocycles. The molecule has 0 saturated heterocycles. The Kier molecular flexibility index (Phi) is 1.97. The summed E-state index contributed by atoms with van der Waals surface area (Å²) in [4.78, 5) is 0. The van der Waals surface area contributed by atoms with E-state index in [1.54, 1.807) is 4.68 Å². The highest BCUT2D eigenvalue weighted by molar-refractivity contribution is 5.87. The second-order valence-electron chi connectivity index (χ2n) is 3.25. The van der Waals surface area contributed by atoms with Gasteiger partial charge in [0.25, 0.3) is 0 Å².